The van der Waals surface area contributed by atoms with Gasteiger partial charge < -0.3 is 0 Å². The molecule has 3 aromatic rings. The Bertz CT molecular complexity index is 791. The maximum atomic E-state index is 12.3. The van der Waals surface area contributed by atoms with Crippen LogP contribution in [-0.4, -0.2) is 5.12 Å². The van der Waals surface area contributed by atoms with E-state index >= 15 is 0 Å². The first-order valence-corrected chi connectivity index (χ1v) is 10.5. The van der Waals surface area contributed by atoms with Crippen molar-refractivity contribution in [2.75, 3.05) is 0 Å². The molecule has 3 aromatic carbocycles. The summed E-state index contributed by atoms with van der Waals surface area (Å²) in [6, 6.07) is 29.5. The Morgan fingerprint density at radius 1 is 0.760 bits per heavy atom. The van der Waals surface area contributed by atoms with Gasteiger partial charge in [0.1, 0.15) is 0 Å². The molecule has 0 N–H and O–H groups in total. The van der Waals surface area contributed by atoms with E-state index in [0.717, 1.165) is 4.90 Å². The highest BCUT2D eigenvalue weighted by Crippen LogP contribution is 2.37. The maximum Gasteiger partial charge on any atom is 0.196 e. The zero-order chi connectivity index (χ0) is 17.6. The van der Waals surface area contributed by atoms with Gasteiger partial charge >= 0.3 is 0 Å². The first-order chi connectivity index (χ1) is 12.2. The molecule has 25 heavy (non-hydrogen) atoms. The molecule has 1 nitrogen and oxygen atoms in total. The van der Waals surface area contributed by atoms with Gasteiger partial charge in [-0.15, -0.1) is 0 Å². The van der Waals surface area contributed by atoms with Gasteiger partial charge in [-0.2, -0.15) is 0 Å². The highest BCUT2D eigenvalue weighted by Gasteiger charge is 2.21. The van der Waals surface area contributed by atoms with Crippen LogP contribution in [0.25, 0.3) is 0 Å². The third-order valence-electron chi connectivity index (χ3n) is 3.82. The van der Waals surface area contributed by atoms with Gasteiger partial charge in [-0.1, -0.05) is 104 Å². The minimum Gasteiger partial charge on any atom is -0.287 e. The molecule has 0 unspecified atom stereocenters. The van der Waals surface area contributed by atoms with E-state index in [4.69, 9.17) is 0 Å². The smallest absolute Gasteiger partial charge is 0.196 e. The fraction of sp³-hybridized carbons (Fsp3) is 0.136. The van der Waals surface area contributed by atoms with Gasteiger partial charge in [-0.05, 0) is 29.9 Å². The molecule has 0 aliphatic heterocycles. The highest BCUT2D eigenvalue weighted by atomic mass is 32.2. The normalized spacial score (nSPS) is 11.0. The number of carbonyl (C=O) groups is 1. The van der Waals surface area contributed by atoms with Gasteiger partial charge in [0.2, 0.25) is 0 Å². The van der Waals surface area contributed by atoms with Crippen molar-refractivity contribution in [2.24, 2.45) is 5.92 Å². The first-order valence-electron chi connectivity index (χ1n) is 8.38. The van der Waals surface area contributed by atoms with Gasteiger partial charge in [0.25, 0.3) is 0 Å². The fourth-order valence-electron chi connectivity index (χ4n) is 2.54. The fourth-order valence-corrected chi connectivity index (χ4v) is 6.04. The Morgan fingerprint density at radius 2 is 1.24 bits per heavy atom. The average molecular weight is 364 g/mol. The van der Waals surface area contributed by atoms with Gasteiger partial charge in [-0.25, -0.2) is 0 Å². The predicted molar refractivity (Wildman–Crippen MR) is 111 cm³/mol. The Morgan fingerprint density at radius 3 is 1.76 bits per heavy atom. The van der Waals surface area contributed by atoms with Crippen LogP contribution in [-0.2, 0) is 4.79 Å². The molecular weight excluding hydrogens is 343 g/mol. The van der Waals surface area contributed by atoms with Crippen LogP contribution >= 0.6 is 19.7 Å². The quantitative estimate of drug-likeness (QED) is 0.481. The van der Waals surface area contributed by atoms with E-state index in [1.165, 1.54) is 27.7 Å². The van der Waals surface area contributed by atoms with Crippen molar-refractivity contribution in [3.63, 3.8) is 0 Å². The van der Waals surface area contributed by atoms with Gasteiger partial charge in [-0.3, -0.25) is 4.79 Å². The van der Waals surface area contributed by atoms with Crippen LogP contribution in [0.2, 0.25) is 0 Å². The second kappa shape index (κ2) is 8.47. The molecule has 0 aromatic heterocycles. The van der Waals surface area contributed by atoms with Crippen LogP contribution in [0.5, 0.6) is 0 Å². The van der Waals surface area contributed by atoms with E-state index in [9.17, 15) is 4.79 Å². The zero-order valence-electron chi connectivity index (χ0n) is 14.4. The number of thioether (sulfide) groups is 1. The second-order valence-electron chi connectivity index (χ2n) is 6.05. The summed E-state index contributed by atoms with van der Waals surface area (Å²) in [5.41, 5.74) is 0. The SMILES string of the molecule is CC(C)C(=O)Sc1ccccc1P(c1ccccc1)c1ccccc1. The van der Waals surface area contributed by atoms with E-state index in [1.54, 1.807) is 0 Å². The summed E-state index contributed by atoms with van der Waals surface area (Å²) in [6.45, 7) is 3.91. The lowest BCUT2D eigenvalue weighted by Crippen LogP contribution is -2.22. The molecule has 0 fully saturated rings. The van der Waals surface area contributed by atoms with Crippen molar-refractivity contribution in [1.29, 1.82) is 0 Å². The van der Waals surface area contributed by atoms with Crippen molar-refractivity contribution >= 4 is 40.7 Å². The second-order valence-corrected chi connectivity index (χ2v) is 9.28. The lowest BCUT2D eigenvalue weighted by Gasteiger charge is -2.22. The van der Waals surface area contributed by atoms with Crippen molar-refractivity contribution in [1.82, 2.24) is 0 Å². The Balaban J connectivity index is 2.10. The number of benzene rings is 3. The summed E-state index contributed by atoms with van der Waals surface area (Å²) in [5.74, 6) is 0.0257. The van der Waals surface area contributed by atoms with Crippen molar-refractivity contribution in [2.45, 2.75) is 18.7 Å². The number of hydrogen-bond acceptors (Lipinski definition) is 2. The third kappa shape index (κ3) is 4.39. The minimum absolute atomic E-state index is 0.0257. The molecule has 126 valence electrons. The van der Waals surface area contributed by atoms with Gasteiger partial charge in [0.05, 0.1) is 0 Å². The molecule has 0 amide bonds. The summed E-state index contributed by atoms with van der Waals surface area (Å²) in [6.07, 6.45) is 0. The third-order valence-corrected chi connectivity index (χ3v) is 7.72. The van der Waals surface area contributed by atoms with Gasteiger partial charge in [0.15, 0.2) is 5.12 Å². The summed E-state index contributed by atoms with van der Waals surface area (Å²) in [7, 11) is -0.690. The zero-order valence-corrected chi connectivity index (χ0v) is 16.1. The Kier molecular flexibility index (Phi) is 6.07. The summed E-state index contributed by atoms with van der Waals surface area (Å²) in [4.78, 5) is 13.4. The number of hydrogen-bond donors (Lipinski definition) is 0. The van der Waals surface area contributed by atoms with Crippen molar-refractivity contribution in [3.05, 3.63) is 84.9 Å². The van der Waals surface area contributed by atoms with E-state index in [1.807, 2.05) is 32.0 Å². The summed E-state index contributed by atoms with van der Waals surface area (Å²) in [5, 5.41) is 4.06. The molecule has 0 aliphatic rings. The van der Waals surface area contributed by atoms with Crippen LogP contribution in [0.4, 0.5) is 0 Å². The molecule has 0 heterocycles. The molecule has 3 heteroatoms. The minimum atomic E-state index is -0.690. The van der Waals surface area contributed by atoms with Crippen LogP contribution in [0.15, 0.2) is 89.8 Å². The van der Waals surface area contributed by atoms with E-state index in [2.05, 4.69) is 66.7 Å². The Labute approximate surface area is 155 Å². The molecule has 0 saturated carbocycles. The number of carbonyl (C=O) groups excluding carboxylic acids is 1. The van der Waals surface area contributed by atoms with Crippen molar-refractivity contribution in [3.8, 4) is 0 Å². The first kappa shape index (κ1) is 17.9. The lowest BCUT2D eigenvalue weighted by atomic mass is 10.3. The lowest BCUT2D eigenvalue weighted by molar-refractivity contribution is -0.113. The standard InChI is InChI=1S/C22H21OPS/c1-17(2)22(23)25-21-16-10-9-15-20(21)24(18-11-5-3-6-12-18)19-13-7-4-8-14-19/h3-17H,1-2H3. The summed E-state index contributed by atoms with van der Waals surface area (Å²) >= 11 is 1.37. The van der Waals surface area contributed by atoms with E-state index in [0.29, 0.717) is 0 Å². The molecule has 0 aliphatic carbocycles. The predicted octanol–water partition coefficient (Wildman–Crippen LogP) is 4.72. The molecule has 0 radical (unpaired) electrons. The topological polar surface area (TPSA) is 17.1 Å². The molecular formula is C22H21OPS. The molecule has 0 atom stereocenters. The van der Waals surface area contributed by atoms with E-state index < -0.39 is 7.92 Å². The molecule has 3 rings (SSSR count). The van der Waals surface area contributed by atoms with Crippen LogP contribution in [0.1, 0.15) is 13.8 Å². The maximum absolute atomic E-state index is 12.3. The molecule has 0 bridgehead atoms. The molecule has 0 saturated heterocycles. The monoisotopic (exact) mass is 364 g/mol. The largest absolute Gasteiger partial charge is 0.287 e. The number of rotatable bonds is 5. The average Bonchev–Trinajstić information content (AvgIpc) is 2.65. The molecule has 0 spiro atoms. The van der Waals surface area contributed by atoms with Crippen LogP contribution < -0.4 is 15.9 Å². The Hall–Kier alpha value is -1.89. The highest BCUT2D eigenvalue weighted by molar-refractivity contribution is 8.14. The van der Waals surface area contributed by atoms with E-state index in [-0.39, 0.29) is 11.0 Å². The van der Waals surface area contributed by atoms with Crippen LogP contribution in [0.3, 0.4) is 0 Å². The van der Waals surface area contributed by atoms with Crippen LogP contribution in [0, 0.1) is 5.92 Å². The van der Waals surface area contributed by atoms with Gasteiger partial charge in [0, 0.05) is 10.8 Å². The van der Waals surface area contributed by atoms with Crippen molar-refractivity contribution < 1.29 is 4.79 Å². The summed E-state index contributed by atoms with van der Waals surface area (Å²) < 4.78 is 0.